The molecule has 0 radical (unpaired) electrons. The van der Waals surface area contributed by atoms with Gasteiger partial charge in [-0.05, 0) is 36.6 Å². The topological polar surface area (TPSA) is 20.2 Å². The molecular weight excluding hydrogens is 184 g/mol. The largest absolute Gasteiger partial charge is 0.396 e. The van der Waals surface area contributed by atoms with E-state index in [0.717, 1.165) is 10.6 Å². The first-order valence-corrected chi connectivity index (χ1v) is 4.82. The molecule has 0 aliphatic rings. The van der Waals surface area contributed by atoms with E-state index in [1.165, 1.54) is 11.1 Å². The Kier molecular flexibility index (Phi) is 3.34. The van der Waals surface area contributed by atoms with Crippen LogP contribution in [0.3, 0.4) is 0 Å². The van der Waals surface area contributed by atoms with E-state index in [4.69, 9.17) is 16.7 Å². The third-order valence-electron chi connectivity index (χ3n) is 2.50. The molecule has 0 aromatic heterocycles. The van der Waals surface area contributed by atoms with Crippen molar-refractivity contribution in [1.82, 2.24) is 0 Å². The summed E-state index contributed by atoms with van der Waals surface area (Å²) >= 11 is 6.06. The molecule has 0 aliphatic heterocycles. The summed E-state index contributed by atoms with van der Waals surface area (Å²) in [5.41, 5.74) is 3.48. The molecule has 0 fully saturated rings. The van der Waals surface area contributed by atoms with E-state index in [2.05, 4.69) is 6.92 Å². The molecule has 2 heteroatoms. The lowest BCUT2D eigenvalue weighted by Gasteiger charge is -2.15. The Labute approximate surface area is 84.4 Å². The van der Waals surface area contributed by atoms with E-state index in [1.807, 2.05) is 26.0 Å². The van der Waals surface area contributed by atoms with Crippen LogP contribution in [0.2, 0.25) is 5.02 Å². The average molecular weight is 199 g/mol. The minimum atomic E-state index is 0.118. The van der Waals surface area contributed by atoms with Crippen molar-refractivity contribution in [3.63, 3.8) is 0 Å². The zero-order valence-corrected chi connectivity index (χ0v) is 9.02. The van der Waals surface area contributed by atoms with Crippen LogP contribution in [-0.4, -0.2) is 11.7 Å². The van der Waals surface area contributed by atoms with Crippen molar-refractivity contribution in [1.29, 1.82) is 0 Å². The number of halogens is 1. The molecular formula is C11H15ClO. The van der Waals surface area contributed by atoms with Crippen LogP contribution in [-0.2, 0) is 0 Å². The minimum Gasteiger partial charge on any atom is -0.396 e. The van der Waals surface area contributed by atoms with Crippen LogP contribution in [0.1, 0.15) is 29.5 Å². The quantitative estimate of drug-likeness (QED) is 0.775. The third kappa shape index (κ3) is 2.04. The van der Waals surface area contributed by atoms with Gasteiger partial charge in [0.25, 0.3) is 0 Å². The van der Waals surface area contributed by atoms with Crippen LogP contribution in [0.15, 0.2) is 12.1 Å². The second-order valence-corrected chi connectivity index (χ2v) is 3.89. The van der Waals surface area contributed by atoms with Crippen LogP contribution in [0.4, 0.5) is 0 Å². The Morgan fingerprint density at radius 3 is 2.54 bits per heavy atom. The Balaban J connectivity index is 3.25. The molecule has 1 aromatic rings. The smallest absolute Gasteiger partial charge is 0.0497 e. The molecule has 0 aliphatic carbocycles. The van der Waals surface area contributed by atoms with Gasteiger partial charge >= 0.3 is 0 Å². The van der Waals surface area contributed by atoms with E-state index in [9.17, 15) is 0 Å². The molecule has 1 rings (SSSR count). The summed E-state index contributed by atoms with van der Waals surface area (Å²) in [7, 11) is 0. The van der Waals surface area contributed by atoms with Crippen LogP contribution in [0, 0.1) is 13.8 Å². The highest BCUT2D eigenvalue weighted by molar-refractivity contribution is 6.31. The van der Waals surface area contributed by atoms with E-state index in [-0.39, 0.29) is 12.5 Å². The molecule has 0 spiro atoms. The number of aliphatic hydroxyl groups excluding tert-OH is 1. The van der Waals surface area contributed by atoms with Crippen LogP contribution < -0.4 is 0 Å². The molecule has 0 saturated heterocycles. The highest BCUT2D eigenvalue weighted by Gasteiger charge is 2.12. The van der Waals surface area contributed by atoms with E-state index < -0.39 is 0 Å². The van der Waals surface area contributed by atoms with Crippen molar-refractivity contribution in [2.75, 3.05) is 6.61 Å². The van der Waals surface area contributed by atoms with Gasteiger partial charge in [0, 0.05) is 17.5 Å². The predicted molar refractivity (Wildman–Crippen MR) is 56.4 cm³/mol. The summed E-state index contributed by atoms with van der Waals surface area (Å²) in [5.74, 6) is 0.118. The van der Waals surface area contributed by atoms with E-state index >= 15 is 0 Å². The third-order valence-corrected chi connectivity index (χ3v) is 2.83. The van der Waals surface area contributed by atoms with Gasteiger partial charge in [0.05, 0.1) is 0 Å². The van der Waals surface area contributed by atoms with Gasteiger partial charge in [0.2, 0.25) is 0 Å². The normalized spacial score (nSPS) is 13.0. The van der Waals surface area contributed by atoms with E-state index in [0.29, 0.717) is 0 Å². The number of aryl methyl sites for hydroxylation is 1. The summed E-state index contributed by atoms with van der Waals surface area (Å²) < 4.78 is 0. The number of benzene rings is 1. The van der Waals surface area contributed by atoms with Gasteiger partial charge in [-0.25, -0.2) is 0 Å². The standard InChI is InChI=1S/C11H15ClO/c1-7-4-5-10(12)11(9(7)3)8(2)6-13/h4-5,8,13H,6H2,1-3H3. The lowest BCUT2D eigenvalue weighted by atomic mass is 9.94. The van der Waals surface area contributed by atoms with E-state index in [1.54, 1.807) is 0 Å². The molecule has 1 atom stereocenters. The van der Waals surface area contributed by atoms with Gasteiger partial charge in [0.1, 0.15) is 0 Å². The maximum absolute atomic E-state index is 9.07. The zero-order valence-electron chi connectivity index (χ0n) is 8.26. The molecule has 1 unspecified atom stereocenters. The molecule has 13 heavy (non-hydrogen) atoms. The molecule has 1 nitrogen and oxygen atoms in total. The number of aliphatic hydroxyl groups is 1. The Morgan fingerprint density at radius 1 is 1.38 bits per heavy atom. The lowest BCUT2D eigenvalue weighted by Crippen LogP contribution is -2.03. The number of hydrogen-bond acceptors (Lipinski definition) is 1. The summed E-state index contributed by atoms with van der Waals surface area (Å²) in [6, 6.07) is 3.90. The van der Waals surface area contributed by atoms with Crippen LogP contribution in [0.5, 0.6) is 0 Å². The van der Waals surface area contributed by atoms with Crippen molar-refractivity contribution in [2.45, 2.75) is 26.7 Å². The molecule has 0 heterocycles. The zero-order chi connectivity index (χ0) is 10.0. The first kappa shape index (κ1) is 10.6. The fraction of sp³-hybridized carbons (Fsp3) is 0.455. The van der Waals surface area contributed by atoms with Crippen molar-refractivity contribution >= 4 is 11.6 Å². The molecule has 0 bridgehead atoms. The molecule has 1 aromatic carbocycles. The Morgan fingerprint density at radius 2 is 2.00 bits per heavy atom. The Hall–Kier alpha value is -0.530. The van der Waals surface area contributed by atoms with Gasteiger partial charge in [0.15, 0.2) is 0 Å². The van der Waals surface area contributed by atoms with Gasteiger partial charge in [-0.1, -0.05) is 24.6 Å². The maximum atomic E-state index is 9.07. The summed E-state index contributed by atoms with van der Waals surface area (Å²) in [6.45, 7) is 6.22. The lowest BCUT2D eigenvalue weighted by molar-refractivity contribution is 0.272. The first-order valence-electron chi connectivity index (χ1n) is 4.44. The first-order chi connectivity index (χ1) is 6.07. The van der Waals surface area contributed by atoms with Gasteiger partial charge < -0.3 is 5.11 Å². The molecule has 0 saturated carbocycles. The summed E-state index contributed by atoms with van der Waals surface area (Å²) in [4.78, 5) is 0. The van der Waals surface area contributed by atoms with Crippen molar-refractivity contribution < 1.29 is 5.11 Å². The summed E-state index contributed by atoms with van der Waals surface area (Å²) in [6.07, 6.45) is 0. The monoisotopic (exact) mass is 198 g/mol. The highest BCUT2D eigenvalue weighted by atomic mass is 35.5. The van der Waals surface area contributed by atoms with Crippen molar-refractivity contribution in [3.05, 3.63) is 33.8 Å². The fourth-order valence-electron chi connectivity index (χ4n) is 1.50. The van der Waals surface area contributed by atoms with Crippen molar-refractivity contribution in [2.24, 2.45) is 0 Å². The fourth-order valence-corrected chi connectivity index (χ4v) is 1.89. The van der Waals surface area contributed by atoms with Crippen LogP contribution in [0.25, 0.3) is 0 Å². The molecule has 1 N–H and O–H groups in total. The number of rotatable bonds is 2. The van der Waals surface area contributed by atoms with Gasteiger partial charge in [-0.2, -0.15) is 0 Å². The van der Waals surface area contributed by atoms with Gasteiger partial charge in [-0.3, -0.25) is 0 Å². The predicted octanol–water partition coefficient (Wildman–Crippen LogP) is 3.05. The second-order valence-electron chi connectivity index (χ2n) is 3.49. The minimum absolute atomic E-state index is 0.118. The molecule has 0 amide bonds. The van der Waals surface area contributed by atoms with Gasteiger partial charge in [-0.15, -0.1) is 0 Å². The highest BCUT2D eigenvalue weighted by Crippen LogP contribution is 2.29. The second kappa shape index (κ2) is 4.12. The SMILES string of the molecule is Cc1ccc(Cl)c(C(C)CO)c1C. The maximum Gasteiger partial charge on any atom is 0.0497 e. The van der Waals surface area contributed by atoms with Crippen LogP contribution >= 0.6 is 11.6 Å². The summed E-state index contributed by atoms with van der Waals surface area (Å²) in [5, 5.41) is 9.82. The van der Waals surface area contributed by atoms with Crippen molar-refractivity contribution in [3.8, 4) is 0 Å². The Bertz CT molecular complexity index is 307. The number of hydrogen-bond donors (Lipinski definition) is 1. The molecule has 72 valence electrons. The average Bonchev–Trinajstić information content (AvgIpc) is 2.12.